The molecule has 0 bridgehead atoms. The average molecular weight is 267 g/mol. The summed E-state index contributed by atoms with van der Waals surface area (Å²) in [4.78, 5) is 12.4. The highest BCUT2D eigenvalue weighted by atomic mass is 35.5. The third-order valence-electron chi connectivity index (χ3n) is 3.13. The van der Waals surface area contributed by atoms with Crippen molar-refractivity contribution in [1.82, 2.24) is 0 Å². The predicted octanol–water partition coefficient (Wildman–Crippen LogP) is 4.72. The van der Waals surface area contributed by atoms with Crippen molar-refractivity contribution in [3.8, 4) is 0 Å². The van der Waals surface area contributed by atoms with Gasteiger partial charge in [-0.1, -0.05) is 60.1 Å². The van der Waals surface area contributed by atoms with Crippen LogP contribution in [0.4, 0.5) is 0 Å². The van der Waals surface area contributed by atoms with E-state index in [0.717, 1.165) is 10.8 Å². The first-order valence-electron chi connectivity index (χ1n) is 6.04. The van der Waals surface area contributed by atoms with Crippen LogP contribution in [0.1, 0.15) is 15.9 Å². The van der Waals surface area contributed by atoms with Gasteiger partial charge in [0, 0.05) is 11.1 Å². The molecule has 0 aliphatic carbocycles. The van der Waals surface area contributed by atoms with Gasteiger partial charge in [-0.2, -0.15) is 0 Å². The van der Waals surface area contributed by atoms with E-state index in [9.17, 15) is 4.79 Å². The summed E-state index contributed by atoms with van der Waals surface area (Å²) in [5.41, 5.74) is 1.20. The maximum absolute atomic E-state index is 12.4. The summed E-state index contributed by atoms with van der Waals surface area (Å²) < 4.78 is 0. The first-order chi connectivity index (χ1) is 9.25. The van der Waals surface area contributed by atoms with E-state index in [1.54, 1.807) is 12.1 Å². The van der Waals surface area contributed by atoms with Crippen molar-refractivity contribution in [3.63, 3.8) is 0 Å². The van der Waals surface area contributed by atoms with Crippen LogP contribution in [0.2, 0.25) is 5.02 Å². The number of carbonyl (C=O) groups is 1. The fourth-order valence-electron chi connectivity index (χ4n) is 2.13. The smallest absolute Gasteiger partial charge is 0.194 e. The molecule has 3 aromatic carbocycles. The van der Waals surface area contributed by atoms with Gasteiger partial charge in [0.15, 0.2) is 5.78 Å². The first kappa shape index (κ1) is 11.9. The summed E-state index contributed by atoms with van der Waals surface area (Å²) in [5, 5.41) is 2.67. The molecule has 3 aromatic rings. The van der Waals surface area contributed by atoms with E-state index in [0.29, 0.717) is 16.1 Å². The fourth-order valence-corrected chi connectivity index (χ4v) is 2.35. The van der Waals surface area contributed by atoms with Crippen molar-refractivity contribution in [2.24, 2.45) is 0 Å². The van der Waals surface area contributed by atoms with Gasteiger partial charge in [0.1, 0.15) is 0 Å². The minimum atomic E-state index is -0.0450. The molecule has 1 nitrogen and oxygen atoms in total. The third kappa shape index (κ3) is 2.25. The number of hydrogen-bond acceptors (Lipinski definition) is 1. The maximum atomic E-state index is 12.4. The van der Waals surface area contributed by atoms with Crippen LogP contribution in [-0.4, -0.2) is 5.78 Å². The number of halogens is 1. The number of ketones is 1. The van der Waals surface area contributed by atoms with Gasteiger partial charge in [-0.3, -0.25) is 4.79 Å². The fraction of sp³-hybridized carbons (Fsp3) is 0. The Morgan fingerprint density at radius 1 is 0.789 bits per heavy atom. The van der Waals surface area contributed by atoms with Gasteiger partial charge in [0.2, 0.25) is 0 Å². The quantitative estimate of drug-likeness (QED) is 0.613. The van der Waals surface area contributed by atoms with Gasteiger partial charge in [-0.05, 0) is 29.0 Å². The van der Waals surface area contributed by atoms with E-state index >= 15 is 0 Å². The first-order valence-corrected chi connectivity index (χ1v) is 6.41. The summed E-state index contributed by atoms with van der Waals surface area (Å²) in [6.07, 6.45) is 0. The average Bonchev–Trinajstić information content (AvgIpc) is 2.46. The topological polar surface area (TPSA) is 17.1 Å². The Labute approximate surface area is 116 Å². The van der Waals surface area contributed by atoms with E-state index in [1.165, 1.54) is 0 Å². The second-order valence-corrected chi connectivity index (χ2v) is 4.78. The van der Waals surface area contributed by atoms with Gasteiger partial charge >= 0.3 is 0 Å². The van der Waals surface area contributed by atoms with Crippen molar-refractivity contribution in [2.45, 2.75) is 0 Å². The Bertz CT molecular complexity index is 762. The second-order valence-electron chi connectivity index (χ2n) is 4.37. The summed E-state index contributed by atoms with van der Waals surface area (Å²) in [6, 6.07) is 20.8. The molecule has 0 aromatic heterocycles. The normalized spacial score (nSPS) is 10.6. The molecule has 0 atom stereocenters. The van der Waals surface area contributed by atoms with Gasteiger partial charge in [0.25, 0.3) is 0 Å². The molecular formula is C17H11ClO. The number of carbonyl (C=O) groups excluding carboxylic acids is 1. The van der Waals surface area contributed by atoms with E-state index in [1.807, 2.05) is 54.6 Å². The van der Waals surface area contributed by atoms with Crippen LogP contribution in [0.3, 0.4) is 0 Å². The predicted molar refractivity (Wildman–Crippen MR) is 78.8 cm³/mol. The molecule has 0 amide bonds. The molecular weight excluding hydrogens is 256 g/mol. The molecule has 0 unspecified atom stereocenters. The molecule has 2 heteroatoms. The molecule has 0 radical (unpaired) electrons. The minimum Gasteiger partial charge on any atom is -0.289 e. The molecule has 92 valence electrons. The molecule has 3 rings (SSSR count). The van der Waals surface area contributed by atoms with E-state index in [2.05, 4.69) is 0 Å². The Morgan fingerprint density at radius 2 is 1.47 bits per heavy atom. The SMILES string of the molecule is O=C(c1ccc2ccccc2c1)c1ccccc1Cl. The molecule has 19 heavy (non-hydrogen) atoms. The highest BCUT2D eigenvalue weighted by Crippen LogP contribution is 2.22. The second kappa shape index (κ2) is 4.87. The van der Waals surface area contributed by atoms with Crippen LogP contribution in [0, 0.1) is 0 Å². The maximum Gasteiger partial charge on any atom is 0.194 e. The van der Waals surface area contributed by atoms with Crippen molar-refractivity contribution in [3.05, 3.63) is 82.9 Å². The van der Waals surface area contributed by atoms with E-state index < -0.39 is 0 Å². The Balaban J connectivity index is 2.09. The summed E-state index contributed by atoms with van der Waals surface area (Å²) in [6.45, 7) is 0. The Hall–Kier alpha value is -2.12. The molecule has 0 spiro atoms. The molecule has 0 aliphatic heterocycles. The molecule has 0 N–H and O–H groups in total. The monoisotopic (exact) mass is 266 g/mol. The lowest BCUT2D eigenvalue weighted by molar-refractivity contribution is 0.103. The molecule has 0 saturated heterocycles. The number of benzene rings is 3. The van der Waals surface area contributed by atoms with Gasteiger partial charge < -0.3 is 0 Å². The number of rotatable bonds is 2. The largest absolute Gasteiger partial charge is 0.289 e. The minimum absolute atomic E-state index is 0.0450. The zero-order valence-corrected chi connectivity index (χ0v) is 10.9. The van der Waals surface area contributed by atoms with Gasteiger partial charge in [-0.15, -0.1) is 0 Å². The van der Waals surface area contributed by atoms with E-state index in [4.69, 9.17) is 11.6 Å². The van der Waals surface area contributed by atoms with Gasteiger partial charge in [-0.25, -0.2) is 0 Å². The highest BCUT2D eigenvalue weighted by molar-refractivity contribution is 6.35. The van der Waals surface area contributed by atoms with Crippen LogP contribution in [0.5, 0.6) is 0 Å². The van der Waals surface area contributed by atoms with Crippen LogP contribution in [0.15, 0.2) is 66.7 Å². The summed E-state index contributed by atoms with van der Waals surface area (Å²) >= 11 is 6.07. The Morgan fingerprint density at radius 3 is 2.26 bits per heavy atom. The van der Waals surface area contributed by atoms with E-state index in [-0.39, 0.29) is 5.78 Å². The lowest BCUT2D eigenvalue weighted by Crippen LogP contribution is -2.01. The number of hydrogen-bond donors (Lipinski definition) is 0. The summed E-state index contributed by atoms with van der Waals surface area (Å²) in [7, 11) is 0. The van der Waals surface area contributed by atoms with Crippen molar-refractivity contribution >= 4 is 28.2 Å². The summed E-state index contributed by atoms with van der Waals surface area (Å²) in [5.74, 6) is -0.0450. The highest BCUT2D eigenvalue weighted by Gasteiger charge is 2.12. The standard InChI is InChI=1S/C17H11ClO/c18-16-8-4-3-7-15(16)17(19)14-10-9-12-5-1-2-6-13(12)11-14/h1-11H. The van der Waals surface area contributed by atoms with Crippen LogP contribution in [0.25, 0.3) is 10.8 Å². The molecule has 0 fully saturated rings. The van der Waals surface area contributed by atoms with Crippen LogP contribution >= 0.6 is 11.6 Å². The molecule has 0 aliphatic rings. The lowest BCUT2D eigenvalue weighted by Gasteiger charge is -2.05. The molecule has 0 saturated carbocycles. The van der Waals surface area contributed by atoms with Crippen molar-refractivity contribution < 1.29 is 4.79 Å². The number of fused-ring (bicyclic) bond motifs is 1. The zero-order valence-electron chi connectivity index (χ0n) is 10.1. The van der Waals surface area contributed by atoms with Crippen molar-refractivity contribution in [1.29, 1.82) is 0 Å². The molecule has 0 heterocycles. The van der Waals surface area contributed by atoms with Crippen molar-refractivity contribution in [2.75, 3.05) is 0 Å². The van der Waals surface area contributed by atoms with Crippen LogP contribution < -0.4 is 0 Å². The van der Waals surface area contributed by atoms with Gasteiger partial charge in [0.05, 0.1) is 5.02 Å². The Kier molecular flexibility index (Phi) is 3.06. The zero-order chi connectivity index (χ0) is 13.2. The lowest BCUT2D eigenvalue weighted by atomic mass is 10.00. The third-order valence-corrected chi connectivity index (χ3v) is 3.46. The van der Waals surface area contributed by atoms with Crippen LogP contribution in [-0.2, 0) is 0 Å².